The van der Waals surface area contributed by atoms with E-state index in [0.29, 0.717) is 17.1 Å². The van der Waals surface area contributed by atoms with Crippen molar-refractivity contribution < 1.29 is 9.53 Å². The summed E-state index contributed by atoms with van der Waals surface area (Å²) in [5, 5.41) is 2.80. The van der Waals surface area contributed by atoms with E-state index in [1.807, 2.05) is 24.3 Å². The molecular weight excluding hydrogens is 264 g/mol. The van der Waals surface area contributed by atoms with Gasteiger partial charge in [0, 0.05) is 11.4 Å². The van der Waals surface area contributed by atoms with Crippen LogP contribution in [0.3, 0.4) is 0 Å². The summed E-state index contributed by atoms with van der Waals surface area (Å²) in [6.07, 6.45) is 0.359. The van der Waals surface area contributed by atoms with Crippen molar-refractivity contribution in [3.05, 3.63) is 54.1 Å². The van der Waals surface area contributed by atoms with E-state index in [2.05, 4.69) is 12.2 Å². The van der Waals surface area contributed by atoms with Gasteiger partial charge in [-0.2, -0.15) is 0 Å². The molecule has 3 N–H and O–H groups in total. The van der Waals surface area contributed by atoms with Crippen LogP contribution in [0.2, 0.25) is 0 Å². The Kier molecular flexibility index (Phi) is 4.82. The van der Waals surface area contributed by atoms with Crippen molar-refractivity contribution in [1.29, 1.82) is 0 Å². The lowest BCUT2D eigenvalue weighted by Gasteiger charge is -2.15. The average Bonchev–Trinajstić information content (AvgIpc) is 2.49. The summed E-state index contributed by atoms with van der Waals surface area (Å²) in [5.74, 6) is 0.510. The third kappa shape index (κ3) is 4.24. The molecule has 1 atom stereocenters. The predicted molar refractivity (Wildman–Crippen MR) is 85.4 cm³/mol. The van der Waals surface area contributed by atoms with Gasteiger partial charge in [0.2, 0.25) is 0 Å². The molecule has 0 saturated heterocycles. The van der Waals surface area contributed by atoms with E-state index in [4.69, 9.17) is 10.5 Å². The number of anilines is 2. The molecule has 0 aromatic heterocycles. The van der Waals surface area contributed by atoms with E-state index >= 15 is 0 Å². The zero-order chi connectivity index (χ0) is 15.2. The normalized spacial score (nSPS) is 11.7. The number of hydrogen-bond acceptors (Lipinski definition) is 3. The molecule has 0 saturated carbocycles. The third-order valence-electron chi connectivity index (χ3n) is 3.17. The average molecular weight is 284 g/mol. The van der Waals surface area contributed by atoms with Crippen molar-refractivity contribution >= 4 is 17.3 Å². The number of ether oxygens (including phenoxy) is 1. The number of nitrogen functional groups attached to an aromatic ring is 1. The smallest absolute Gasteiger partial charge is 0.265 e. The Morgan fingerprint density at radius 3 is 2.62 bits per heavy atom. The molecule has 4 heteroatoms. The zero-order valence-corrected chi connectivity index (χ0v) is 12.3. The summed E-state index contributed by atoms with van der Waals surface area (Å²) in [4.78, 5) is 12.1. The van der Waals surface area contributed by atoms with Crippen molar-refractivity contribution in [3.8, 4) is 5.75 Å². The number of carbonyl (C=O) groups excluding carboxylic acids is 1. The van der Waals surface area contributed by atoms with Crippen LogP contribution < -0.4 is 15.8 Å². The summed E-state index contributed by atoms with van der Waals surface area (Å²) < 4.78 is 5.68. The second-order valence-corrected chi connectivity index (χ2v) is 4.87. The molecule has 0 bridgehead atoms. The zero-order valence-electron chi connectivity index (χ0n) is 12.3. The van der Waals surface area contributed by atoms with Gasteiger partial charge in [0.1, 0.15) is 5.75 Å². The molecule has 1 unspecified atom stereocenters. The first kappa shape index (κ1) is 14.9. The second kappa shape index (κ2) is 6.79. The highest BCUT2D eigenvalue weighted by Gasteiger charge is 2.14. The van der Waals surface area contributed by atoms with Gasteiger partial charge in [-0.3, -0.25) is 4.79 Å². The van der Waals surface area contributed by atoms with Gasteiger partial charge >= 0.3 is 0 Å². The number of nitrogens with two attached hydrogens (primary N) is 1. The lowest BCUT2D eigenvalue weighted by molar-refractivity contribution is -0.122. The maximum atomic E-state index is 12.1. The highest BCUT2D eigenvalue weighted by atomic mass is 16.5. The first-order valence-electron chi connectivity index (χ1n) is 7.00. The monoisotopic (exact) mass is 284 g/mol. The van der Waals surface area contributed by atoms with Gasteiger partial charge in [-0.15, -0.1) is 0 Å². The Balaban J connectivity index is 1.97. The minimum absolute atomic E-state index is 0.193. The molecule has 0 spiro atoms. The molecule has 21 heavy (non-hydrogen) atoms. The number of rotatable bonds is 5. The van der Waals surface area contributed by atoms with E-state index in [0.717, 1.165) is 6.42 Å². The summed E-state index contributed by atoms with van der Waals surface area (Å²) in [7, 11) is 0. The van der Waals surface area contributed by atoms with Crippen molar-refractivity contribution in [2.75, 3.05) is 11.1 Å². The largest absolute Gasteiger partial charge is 0.481 e. The molecule has 4 nitrogen and oxygen atoms in total. The first-order chi connectivity index (χ1) is 10.1. The molecule has 2 aromatic rings. The fourth-order valence-electron chi connectivity index (χ4n) is 1.91. The Hall–Kier alpha value is -2.49. The van der Waals surface area contributed by atoms with Crippen LogP contribution in [0.4, 0.5) is 11.4 Å². The molecule has 1 amide bonds. The quantitative estimate of drug-likeness (QED) is 0.828. The Labute approximate surface area is 124 Å². The lowest BCUT2D eigenvalue weighted by Crippen LogP contribution is -2.30. The summed E-state index contributed by atoms with van der Waals surface area (Å²) in [5.41, 5.74) is 8.15. The fraction of sp³-hybridized carbons (Fsp3) is 0.235. The van der Waals surface area contributed by atoms with Gasteiger partial charge in [-0.25, -0.2) is 0 Å². The van der Waals surface area contributed by atoms with Gasteiger partial charge in [-0.05, 0) is 55.3 Å². The molecule has 0 fully saturated rings. The van der Waals surface area contributed by atoms with E-state index in [1.165, 1.54) is 5.56 Å². The molecule has 0 aliphatic heterocycles. The molecule has 2 aromatic carbocycles. The second-order valence-electron chi connectivity index (χ2n) is 4.87. The van der Waals surface area contributed by atoms with Crippen LogP contribution in [0, 0.1) is 0 Å². The van der Waals surface area contributed by atoms with Crippen molar-refractivity contribution in [1.82, 2.24) is 0 Å². The Morgan fingerprint density at radius 1 is 1.24 bits per heavy atom. The van der Waals surface area contributed by atoms with Crippen molar-refractivity contribution in [3.63, 3.8) is 0 Å². The number of aryl methyl sites for hydroxylation is 1. The van der Waals surface area contributed by atoms with Crippen LogP contribution in [0.5, 0.6) is 5.75 Å². The Bertz CT molecular complexity index is 608. The third-order valence-corrected chi connectivity index (χ3v) is 3.17. The van der Waals surface area contributed by atoms with Gasteiger partial charge < -0.3 is 15.8 Å². The highest BCUT2D eigenvalue weighted by molar-refractivity contribution is 5.94. The van der Waals surface area contributed by atoms with Crippen LogP contribution in [0.15, 0.2) is 48.5 Å². The summed E-state index contributed by atoms with van der Waals surface area (Å²) in [6, 6.07) is 14.8. The molecule has 0 heterocycles. The maximum absolute atomic E-state index is 12.1. The molecule has 110 valence electrons. The maximum Gasteiger partial charge on any atom is 0.265 e. The highest BCUT2D eigenvalue weighted by Crippen LogP contribution is 2.16. The van der Waals surface area contributed by atoms with E-state index in [-0.39, 0.29) is 5.91 Å². The minimum Gasteiger partial charge on any atom is -0.481 e. The SMILES string of the molecule is CCc1cccc(OC(C)C(=O)Nc2ccc(N)cc2)c1. The minimum atomic E-state index is -0.574. The van der Waals surface area contributed by atoms with Crippen LogP contribution in [-0.2, 0) is 11.2 Å². The number of carbonyl (C=O) groups is 1. The molecule has 0 aliphatic carbocycles. The number of hydrogen-bond donors (Lipinski definition) is 2. The van der Waals surface area contributed by atoms with Gasteiger partial charge in [0.25, 0.3) is 5.91 Å². The first-order valence-corrected chi connectivity index (χ1v) is 7.00. The number of nitrogens with one attached hydrogen (secondary N) is 1. The van der Waals surface area contributed by atoms with Crippen LogP contribution >= 0.6 is 0 Å². The molecule has 2 rings (SSSR count). The van der Waals surface area contributed by atoms with Gasteiger partial charge in [0.05, 0.1) is 0 Å². The Morgan fingerprint density at radius 2 is 1.95 bits per heavy atom. The van der Waals surface area contributed by atoms with Crippen LogP contribution in [0.1, 0.15) is 19.4 Å². The van der Waals surface area contributed by atoms with Gasteiger partial charge in [0.15, 0.2) is 6.10 Å². The van der Waals surface area contributed by atoms with E-state index in [1.54, 1.807) is 31.2 Å². The fourth-order valence-corrected chi connectivity index (χ4v) is 1.91. The van der Waals surface area contributed by atoms with Crippen molar-refractivity contribution in [2.24, 2.45) is 0 Å². The number of amides is 1. The van der Waals surface area contributed by atoms with Crippen molar-refractivity contribution in [2.45, 2.75) is 26.4 Å². The van der Waals surface area contributed by atoms with E-state index in [9.17, 15) is 4.79 Å². The number of benzene rings is 2. The molecule has 0 radical (unpaired) electrons. The standard InChI is InChI=1S/C17H20N2O2/c1-3-13-5-4-6-16(11-13)21-12(2)17(20)19-15-9-7-14(18)8-10-15/h4-12H,3,18H2,1-2H3,(H,19,20). The summed E-state index contributed by atoms with van der Waals surface area (Å²) >= 11 is 0. The van der Waals surface area contributed by atoms with Crippen LogP contribution in [-0.4, -0.2) is 12.0 Å². The predicted octanol–water partition coefficient (Wildman–Crippen LogP) is 3.24. The lowest BCUT2D eigenvalue weighted by atomic mass is 10.2. The topological polar surface area (TPSA) is 64.3 Å². The van der Waals surface area contributed by atoms with Gasteiger partial charge in [-0.1, -0.05) is 19.1 Å². The van der Waals surface area contributed by atoms with Crippen LogP contribution in [0.25, 0.3) is 0 Å². The molecule has 0 aliphatic rings. The molecular formula is C17H20N2O2. The van der Waals surface area contributed by atoms with E-state index < -0.39 is 6.10 Å². The summed E-state index contributed by atoms with van der Waals surface area (Å²) in [6.45, 7) is 3.81.